The third kappa shape index (κ3) is 4.83. The van der Waals surface area contributed by atoms with Gasteiger partial charge in [-0.2, -0.15) is 0 Å². The predicted octanol–water partition coefficient (Wildman–Crippen LogP) is 2.42. The van der Waals surface area contributed by atoms with Gasteiger partial charge in [0.05, 0.1) is 13.2 Å². The third-order valence-corrected chi connectivity index (χ3v) is 4.19. The number of aliphatic hydroxyl groups excluding tert-OH is 1. The molecule has 1 aromatic rings. The summed E-state index contributed by atoms with van der Waals surface area (Å²) in [4.78, 5) is 14.3. The summed E-state index contributed by atoms with van der Waals surface area (Å²) < 4.78 is 0. The highest BCUT2D eigenvalue weighted by Crippen LogP contribution is 2.23. The van der Waals surface area contributed by atoms with E-state index in [0.29, 0.717) is 19.1 Å². The van der Waals surface area contributed by atoms with Crippen LogP contribution >= 0.6 is 0 Å². The SMILES string of the molecule is CCc1cccc(NC(=O)CN(CCO)C2CCCC2)c1. The van der Waals surface area contributed by atoms with Crippen molar-refractivity contribution in [2.24, 2.45) is 0 Å². The van der Waals surface area contributed by atoms with E-state index in [4.69, 9.17) is 0 Å². The molecule has 0 radical (unpaired) electrons. The average Bonchev–Trinajstić information content (AvgIpc) is 3.01. The Morgan fingerprint density at radius 1 is 1.38 bits per heavy atom. The van der Waals surface area contributed by atoms with Gasteiger partial charge in [-0.05, 0) is 37.0 Å². The van der Waals surface area contributed by atoms with Crippen LogP contribution < -0.4 is 5.32 Å². The topological polar surface area (TPSA) is 52.6 Å². The monoisotopic (exact) mass is 290 g/mol. The number of nitrogens with zero attached hydrogens (tertiary/aromatic N) is 1. The van der Waals surface area contributed by atoms with E-state index in [2.05, 4.69) is 23.2 Å². The molecule has 1 amide bonds. The van der Waals surface area contributed by atoms with E-state index in [0.717, 1.165) is 24.9 Å². The predicted molar refractivity (Wildman–Crippen MR) is 85.4 cm³/mol. The van der Waals surface area contributed by atoms with Crippen LogP contribution in [0.25, 0.3) is 0 Å². The molecule has 2 N–H and O–H groups in total. The summed E-state index contributed by atoms with van der Waals surface area (Å²) in [6.07, 6.45) is 5.69. The fourth-order valence-corrected chi connectivity index (χ4v) is 3.04. The van der Waals surface area contributed by atoms with Crippen molar-refractivity contribution in [3.63, 3.8) is 0 Å². The van der Waals surface area contributed by atoms with Crippen LogP contribution in [0.2, 0.25) is 0 Å². The number of nitrogens with one attached hydrogen (secondary N) is 1. The maximum atomic E-state index is 12.2. The molecule has 1 saturated carbocycles. The molecule has 0 bridgehead atoms. The first kappa shape index (κ1) is 16.0. The number of benzene rings is 1. The van der Waals surface area contributed by atoms with E-state index in [1.54, 1.807) is 0 Å². The summed E-state index contributed by atoms with van der Waals surface area (Å²) in [5, 5.41) is 12.2. The van der Waals surface area contributed by atoms with Gasteiger partial charge in [-0.15, -0.1) is 0 Å². The molecule has 0 aromatic heterocycles. The van der Waals surface area contributed by atoms with Crippen molar-refractivity contribution in [1.29, 1.82) is 0 Å². The van der Waals surface area contributed by atoms with Crippen LogP contribution in [0.3, 0.4) is 0 Å². The molecule has 4 nitrogen and oxygen atoms in total. The van der Waals surface area contributed by atoms with E-state index in [1.165, 1.54) is 18.4 Å². The average molecular weight is 290 g/mol. The van der Waals surface area contributed by atoms with Crippen LogP contribution in [0, 0.1) is 0 Å². The molecule has 1 aliphatic rings. The van der Waals surface area contributed by atoms with E-state index in [-0.39, 0.29) is 12.5 Å². The fourth-order valence-electron chi connectivity index (χ4n) is 3.04. The van der Waals surface area contributed by atoms with E-state index in [9.17, 15) is 9.90 Å². The Kier molecular flexibility index (Phi) is 6.21. The summed E-state index contributed by atoms with van der Waals surface area (Å²) in [5.74, 6) is 0.00334. The molecular weight excluding hydrogens is 264 g/mol. The molecule has 1 aromatic carbocycles. The molecular formula is C17H26N2O2. The normalized spacial score (nSPS) is 15.6. The number of anilines is 1. The zero-order valence-electron chi connectivity index (χ0n) is 12.8. The molecule has 0 saturated heterocycles. The summed E-state index contributed by atoms with van der Waals surface area (Å²) >= 11 is 0. The van der Waals surface area contributed by atoms with Crippen molar-refractivity contribution < 1.29 is 9.90 Å². The number of carbonyl (C=O) groups excluding carboxylic acids is 1. The Morgan fingerprint density at radius 3 is 2.81 bits per heavy atom. The first-order valence-corrected chi connectivity index (χ1v) is 7.96. The Balaban J connectivity index is 1.91. The zero-order chi connectivity index (χ0) is 15.1. The second-order valence-corrected chi connectivity index (χ2v) is 5.73. The molecule has 21 heavy (non-hydrogen) atoms. The van der Waals surface area contributed by atoms with Crippen molar-refractivity contribution in [2.75, 3.05) is 25.0 Å². The summed E-state index contributed by atoms with van der Waals surface area (Å²) in [6.45, 7) is 3.15. The number of aliphatic hydroxyl groups is 1. The van der Waals surface area contributed by atoms with Gasteiger partial charge >= 0.3 is 0 Å². The third-order valence-electron chi connectivity index (χ3n) is 4.19. The minimum atomic E-state index is 0.00334. The van der Waals surface area contributed by atoms with Crippen molar-refractivity contribution in [2.45, 2.75) is 45.1 Å². The summed E-state index contributed by atoms with van der Waals surface area (Å²) in [5.41, 5.74) is 2.07. The Morgan fingerprint density at radius 2 is 2.14 bits per heavy atom. The van der Waals surface area contributed by atoms with Gasteiger partial charge in [0.25, 0.3) is 0 Å². The number of carbonyl (C=O) groups is 1. The van der Waals surface area contributed by atoms with Crippen LogP contribution in [0.15, 0.2) is 24.3 Å². The molecule has 0 unspecified atom stereocenters. The minimum absolute atomic E-state index is 0.00334. The Bertz CT molecular complexity index is 456. The number of rotatable bonds is 7. The molecule has 0 atom stereocenters. The molecule has 2 rings (SSSR count). The fraction of sp³-hybridized carbons (Fsp3) is 0.588. The highest BCUT2D eigenvalue weighted by Gasteiger charge is 2.23. The lowest BCUT2D eigenvalue weighted by Gasteiger charge is -2.27. The molecule has 0 aliphatic heterocycles. The van der Waals surface area contributed by atoms with E-state index in [1.807, 2.05) is 18.2 Å². The quantitative estimate of drug-likeness (QED) is 0.811. The van der Waals surface area contributed by atoms with Crippen LogP contribution in [0.5, 0.6) is 0 Å². The molecule has 116 valence electrons. The van der Waals surface area contributed by atoms with Crippen molar-refractivity contribution in [3.05, 3.63) is 29.8 Å². The summed E-state index contributed by atoms with van der Waals surface area (Å²) in [6, 6.07) is 8.42. The van der Waals surface area contributed by atoms with Crippen molar-refractivity contribution >= 4 is 11.6 Å². The van der Waals surface area contributed by atoms with Gasteiger partial charge in [0, 0.05) is 18.3 Å². The standard InChI is InChI=1S/C17H26N2O2/c1-2-14-6-5-7-15(12-14)18-17(21)13-19(10-11-20)16-8-3-4-9-16/h5-7,12,16,20H,2-4,8-11,13H2,1H3,(H,18,21). The van der Waals surface area contributed by atoms with Gasteiger partial charge in [-0.3, -0.25) is 9.69 Å². The van der Waals surface area contributed by atoms with E-state index >= 15 is 0 Å². The van der Waals surface area contributed by atoms with Gasteiger partial charge in [0.15, 0.2) is 0 Å². The Labute approximate surface area is 127 Å². The van der Waals surface area contributed by atoms with Crippen LogP contribution in [0.4, 0.5) is 5.69 Å². The molecule has 4 heteroatoms. The van der Waals surface area contributed by atoms with Gasteiger partial charge < -0.3 is 10.4 Å². The van der Waals surface area contributed by atoms with Gasteiger partial charge in [0.2, 0.25) is 5.91 Å². The first-order valence-electron chi connectivity index (χ1n) is 7.96. The first-order chi connectivity index (χ1) is 10.2. The highest BCUT2D eigenvalue weighted by molar-refractivity contribution is 5.92. The van der Waals surface area contributed by atoms with Crippen LogP contribution in [0.1, 0.15) is 38.2 Å². The van der Waals surface area contributed by atoms with Gasteiger partial charge in [-0.25, -0.2) is 0 Å². The van der Waals surface area contributed by atoms with Crippen molar-refractivity contribution in [1.82, 2.24) is 4.90 Å². The number of hydrogen-bond acceptors (Lipinski definition) is 3. The van der Waals surface area contributed by atoms with Crippen LogP contribution in [-0.4, -0.2) is 41.7 Å². The van der Waals surface area contributed by atoms with Crippen molar-refractivity contribution in [3.8, 4) is 0 Å². The second kappa shape index (κ2) is 8.15. The second-order valence-electron chi connectivity index (χ2n) is 5.73. The minimum Gasteiger partial charge on any atom is -0.395 e. The lowest BCUT2D eigenvalue weighted by Crippen LogP contribution is -2.41. The molecule has 0 heterocycles. The largest absolute Gasteiger partial charge is 0.395 e. The highest BCUT2D eigenvalue weighted by atomic mass is 16.3. The lowest BCUT2D eigenvalue weighted by molar-refractivity contribution is -0.118. The smallest absolute Gasteiger partial charge is 0.238 e. The lowest BCUT2D eigenvalue weighted by atomic mass is 10.1. The Hall–Kier alpha value is -1.39. The number of aryl methyl sites for hydroxylation is 1. The van der Waals surface area contributed by atoms with E-state index < -0.39 is 0 Å². The molecule has 0 spiro atoms. The molecule has 1 aliphatic carbocycles. The number of amides is 1. The maximum Gasteiger partial charge on any atom is 0.238 e. The zero-order valence-corrected chi connectivity index (χ0v) is 12.8. The maximum absolute atomic E-state index is 12.2. The van der Waals surface area contributed by atoms with Gasteiger partial charge in [0.1, 0.15) is 0 Å². The van der Waals surface area contributed by atoms with Crippen LogP contribution in [-0.2, 0) is 11.2 Å². The summed E-state index contributed by atoms with van der Waals surface area (Å²) in [7, 11) is 0. The number of hydrogen-bond donors (Lipinski definition) is 2. The molecule has 1 fully saturated rings. The van der Waals surface area contributed by atoms with Gasteiger partial charge in [-0.1, -0.05) is 31.9 Å².